The predicted molar refractivity (Wildman–Crippen MR) is 107 cm³/mol. The number of carboxylic acids is 1. The number of methoxy groups -OCH3 is 1. The van der Waals surface area contributed by atoms with Crippen LogP contribution < -0.4 is 19.3 Å². The summed E-state index contributed by atoms with van der Waals surface area (Å²) < 4.78 is 10.7. The number of carbonyl (C=O) groups is 2. The van der Waals surface area contributed by atoms with Gasteiger partial charge in [0.15, 0.2) is 0 Å². The molecule has 7 nitrogen and oxygen atoms in total. The highest BCUT2D eigenvalue weighted by Gasteiger charge is 2.27. The molecule has 1 N–H and O–H groups in total. The molecule has 148 valence electrons. The summed E-state index contributed by atoms with van der Waals surface area (Å²) in [5, 5.41) is 8.92. The number of carbonyl (C=O) groups excluding carboxylic acids is 1. The predicted octanol–water partition coefficient (Wildman–Crippen LogP) is 3.73. The van der Waals surface area contributed by atoms with E-state index in [9.17, 15) is 9.59 Å². The van der Waals surface area contributed by atoms with E-state index >= 15 is 0 Å². The van der Waals surface area contributed by atoms with Gasteiger partial charge >= 0.3 is 12.1 Å². The van der Waals surface area contributed by atoms with Crippen molar-refractivity contribution in [1.82, 2.24) is 0 Å². The van der Waals surface area contributed by atoms with Crippen molar-refractivity contribution in [3.63, 3.8) is 0 Å². The van der Waals surface area contributed by atoms with Gasteiger partial charge in [-0.15, -0.1) is 0 Å². The minimum Gasteiger partial charge on any atom is -0.497 e. The number of hydrogen-bond acceptors (Lipinski definition) is 5. The molecule has 1 aliphatic heterocycles. The Kier molecular flexibility index (Phi) is 5.73. The first-order valence-corrected chi connectivity index (χ1v) is 9.05. The molecule has 28 heavy (non-hydrogen) atoms. The average Bonchev–Trinajstić information content (AvgIpc) is 3.01. The van der Waals surface area contributed by atoms with Crippen molar-refractivity contribution in [2.24, 2.45) is 0 Å². The van der Waals surface area contributed by atoms with E-state index in [0.29, 0.717) is 23.6 Å². The van der Waals surface area contributed by atoms with Gasteiger partial charge in [-0.25, -0.2) is 4.79 Å². The Morgan fingerprint density at radius 2 is 1.86 bits per heavy atom. The maximum absolute atomic E-state index is 12.5. The van der Waals surface area contributed by atoms with Crippen LogP contribution in [-0.2, 0) is 4.79 Å². The summed E-state index contributed by atoms with van der Waals surface area (Å²) in [6, 6.07) is 12.6. The smallest absolute Gasteiger partial charge is 0.419 e. The van der Waals surface area contributed by atoms with Gasteiger partial charge in [0.1, 0.15) is 11.5 Å². The summed E-state index contributed by atoms with van der Waals surface area (Å²) in [6.45, 7) is 0.756. The molecule has 0 aliphatic carbocycles. The average molecular weight is 384 g/mol. The molecule has 1 aliphatic rings. The van der Waals surface area contributed by atoms with Gasteiger partial charge in [0.05, 0.1) is 7.11 Å². The van der Waals surface area contributed by atoms with Crippen molar-refractivity contribution < 1.29 is 24.2 Å². The molecule has 1 heterocycles. The van der Waals surface area contributed by atoms with Gasteiger partial charge in [-0.1, -0.05) is 6.07 Å². The monoisotopic (exact) mass is 384 g/mol. The molecular formula is C21H24N2O5. The molecule has 0 radical (unpaired) electrons. The van der Waals surface area contributed by atoms with Gasteiger partial charge in [-0.3, -0.25) is 9.69 Å². The summed E-state index contributed by atoms with van der Waals surface area (Å²) in [7, 11) is 5.18. The second kappa shape index (κ2) is 8.21. The van der Waals surface area contributed by atoms with Gasteiger partial charge in [-0.05, 0) is 42.3 Å². The number of likely N-dealkylation sites (N-methyl/N-ethyl adjacent to an activating group) is 1. The highest BCUT2D eigenvalue weighted by atomic mass is 16.6. The first-order chi connectivity index (χ1) is 13.4. The van der Waals surface area contributed by atoms with Crippen LogP contribution in [-0.4, -0.2) is 44.9 Å². The molecular weight excluding hydrogens is 360 g/mol. The van der Waals surface area contributed by atoms with Crippen LogP contribution in [0.15, 0.2) is 42.5 Å². The first-order valence-electron chi connectivity index (χ1n) is 9.05. The van der Waals surface area contributed by atoms with Crippen molar-refractivity contribution >= 4 is 23.4 Å². The normalized spacial score (nSPS) is 15.1. The van der Waals surface area contributed by atoms with Gasteiger partial charge in [-0.2, -0.15) is 0 Å². The van der Waals surface area contributed by atoms with E-state index in [1.54, 1.807) is 44.5 Å². The lowest BCUT2D eigenvalue weighted by Gasteiger charge is -2.18. The van der Waals surface area contributed by atoms with E-state index in [2.05, 4.69) is 4.90 Å². The van der Waals surface area contributed by atoms with Crippen molar-refractivity contribution in [3.8, 4) is 11.5 Å². The summed E-state index contributed by atoms with van der Waals surface area (Å²) in [6.07, 6.45) is 0.237. The van der Waals surface area contributed by atoms with E-state index < -0.39 is 12.1 Å². The quantitative estimate of drug-likeness (QED) is 0.818. The fourth-order valence-electron chi connectivity index (χ4n) is 3.42. The molecule has 0 bridgehead atoms. The Hall–Kier alpha value is -3.22. The molecule has 0 spiro atoms. The second-order valence-corrected chi connectivity index (χ2v) is 6.86. The minimum absolute atomic E-state index is 0.140. The summed E-state index contributed by atoms with van der Waals surface area (Å²) >= 11 is 0. The molecule has 1 amide bonds. The van der Waals surface area contributed by atoms with Gasteiger partial charge in [0.25, 0.3) is 0 Å². The van der Waals surface area contributed by atoms with E-state index in [4.69, 9.17) is 14.6 Å². The zero-order chi connectivity index (χ0) is 20.3. The van der Waals surface area contributed by atoms with E-state index in [0.717, 1.165) is 17.8 Å². The van der Waals surface area contributed by atoms with E-state index in [1.807, 2.05) is 19.2 Å². The van der Waals surface area contributed by atoms with Crippen LogP contribution in [0.4, 0.5) is 16.2 Å². The maximum Gasteiger partial charge on any atom is 0.419 e. The molecule has 7 heteroatoms. The SMILES string of the molecule is COc1ccc(N(C)C(=O)Oc2ccc3c(c2)N(C)CC3CCC(=O)O)cc1. The largest absolute Gasteiger partial charge is 0.497 e. The number of benzene rings is 2. The van der Waals surface area contributed by atoms with Crippen LogP contribution in [0.25, 0.3) is 0 Å². The van der Waals surface area contributed by atoms with Gasteiger partial charge in [0.2, 0.25) is 0 Å². The second-order valence-electron chi connectivity index (χ2n) is 6.86. The van der Waals surface area contributed by atoms with Crippen LogP contribution >= 0.6 is 0 Å². The molecule has 2 aromatic carbocycles. The molecule has 0 fully saturated rings. The molecule has 0 saturated heterocycles. The summed E-state index contributed by atoms with van der Waals surface area (Å²) in [5.74, 6) is 0.547. The van der Waals surface area contributed by atoms with Crippen molar-refractivity contribution in [2.45, 2.75) is 18.8 Å². The molecule has 2 aromatic rings. The van der Waals surface area contributed by atoms with Crippen molar-refractivity contribution in [3.05, 3.63) is 48.0 Å². The number of hydrogen-bond donors (Lipinski definition) is 1. The number of aliphatic carboxylic acids is 1. The lowest BCUT2D eigenvalue weighted by molar-refractivity contribution is -0.137. The van der Waals surface area contributed by atoms with Crippen LogP contribution in [0.2, 0.25) is 0 Å². The van der Waals surface area contributed by atoms with Crippen LogP contribution in [0.5, 0.6) is 11.5 Å². The van der Waals surface area contributed by atoms with Gasteiger partial charge < -0.3 is 19.5 Å². The number of nitrogens with zero attached hydrogens (tertiary/aromatic N) is 2. The number of anilines is 2. The zero-order valence-electron chi connectivity index (χ0n) is 16.2. The third kappa shape index (κ3) is 4.19. The Balaban J connectivity index is 1.70. The highest BCUT2D eigenvalue weighted by molar-refractivity contribution is 5.88. The maximum atomic E-state index is 12.5. The molecule has 1 atom stereocenters. The Morgan fingerprint density at radius 1 is 1.18 bits per heavy atom. The van der Waals surface area contributed by atoms with Crippen molar-refractivity contribution in [2.75, 3.05) is 37.5 Å². The third-order valence-corrected chi connectivity index (χ3v) is 4.99. The number of amides is 1. The molecule has 0 aromatic heterocycles. The van der Waals surface area contributed by atoms with Crippen LogP contribution in [0.1, 0.15) is 24.3 Å². The Morgan fingerprint density at radius 3 is 2.50 bits per heavy atom. The third-order valence-electron chi connectivity index (χ3n) is 4.99. The number of carboxylic acid groups (broad SMARTS) is 1. The van der Waals surface area contributed by atoms with E-state index in [-0.39, 0.29) is 12.3 Å². The topological polar surface area (TPSA) is 79.3 Å². The fraction of sp³-hybridized carbons (Fsp3) is 0.333. The Bertz CT molecular complexity index is 866. The number of rotatable bonds is 6. The number of ether oxygens (including phenoxy) is 2. The summed E-state index contributed by atoms with van der Waals surface area (Å²) in [4.78, 5) is 26.8. The highest BCUT2D eigenvalue weighted by Crippen LogP contribution is 2.40. The Labute approximate surface area is 164 Å². The molecule has 1 unspecified atom stereocenters. The van der Waals surface area contributed by atoms with Crippen LogP contribution in [0.3, 0.4) is 0 Å². The first kappa shape index (κ1) is 19.5. The lowest BCUT2D eigenvalue weighted by Crippen LogP contribution is -2.29. The lowest BCUT2D eigenvalue weighted by atomic mass is 9.96. The fourth-order valence-corrected chi connectivity index (χ4v) is 3.42. The standard InChI is InChI=1S/C21H24N2O5/c1-22-13-14(4-11-20(24)25)18-10-9-17(12-19(18)22)28-21(26)23(2)15-5-7-16(27-3)8-6-15/h5-10,12,14H,4,11,13H2,1-3H3,(H,24,25). The van der Waals surface area contributed by atoms with Gasteiger partial charge in [0, 0.05) is 50.4 Å². The van der Waals surface area contributed by atoms with Crippen LogP contribution in [0, 0.1) is 0 Å². The number of fused-ring (bicyclic) bond motifs is 1. The summed E-state index contributed by atoms with van der Waals surface area (Å²) in [5.41, 5.74) is 2.75. The van der Waals surface area contributed by atoms with E-state index in [1.165, 1.54) is 4.90 Å². The van der Waals surface area contributed by atoms with Crippen molar-refractivity contribution in [1.29, 1.82) is 0 Å². The molecule has 3 rings (SSSR count). The minimum atomic E-state index is -0.789. The zero-order valence-corrected chi connectivity index (χ0v) is 16.2. The molecule has 0 saturated carbocycles.